The Hall–Kier alpha value is -1.83. The Morgan fingerprint density at radius 2 is 1.80 bits per heavy atom. The third-order valence-corrected chi connectivity index (χ3v) is 2.31. The lowest BCUT2D eigenvalue weighted by molar-refractivity contribution is 0.627. The van der Waals surface area contributed by atoms with Gasteiger partial charge in [-0.25, -0.2) is 4.39 Å². The van der Waals surface area contributed by atoms with Crippen molar-refractivity contribution >= 4 is 5.69 Å². The lowest BCUT2D eigenvalue weighted by atomic mass is 10.0. The average Bonchev–Trinajstić information content (AvgIpc) is 2.16. The second kappa shape index (κ2) is 3.73. The van der Waals surface area contributed by atoms with Crippen molar-refractivity contribution in [3.8, 4) is 11.1 Å². The van der Waals surface area contributed by atoms with Crippen molar-refractivity contribution in [2.24, 2.45) is 0 Å². The third kappa shape index (κ3) is 1.99. The minimum Gasteiger partial charge on any atom is -0.398 e. The summed E-state index contributed by atoms with van der Waals surface area (Å²) in [7, 11) is 0. The van der Waals surface area contributed by atoms with Crippen molar-refractivity contribution in [1.29, 1.82) is 0 Å². The number of hydrogen-bond acceptors (Lipinski definition) is 1. The normalized spacial score (nSPS) is 10.3. The molecule has 2 aromatic rings. The van der Waals surface area contributed by atoms with Crippen molar-refractivity contribution < 1.29 is 4.39 Å². The molecule has 0 aliphatic carbocycles. The fourth-order valence-corrected chi connectivity index (χ4v) is 1.65. The van der Waals surface area contributed by atoms with Crippen LogP contribution in [-0.4, -0.2) is 0 Å². The number of halogens is 1. The molecule has 2 rings (SSSR count). The number of benzene rings is 2. The zero-order valence-electron chi connectivity index (χ0n) is 8.50. The molecule has 0 radical (unpaired) electrons. The van der Waals surface area contributed by atoms with Gasteiger partial charge in [-0.05, 0) is 36.2 Å². The maximum Gasteiger partial charge on any atom is 0.124 e. The summed E-state index contributed by atoms with van der Waals surface area (Å²) in [6.45, 7) is 1.87. The van der Waals surface area contributed by atoms with Gasteiger partial charge < -0.3 is 5.73 Å². The maximum atomic E-state index is 13.2. The van der Waals surface area contributed by atoms with Crippen LogP contribution in [0.1, 0.15) is 5.56 Å². The summed E-state index contributed by atoms with van der Waals surface area (Å²) in [5.74, 6) is -0.228. The van der Waals surface area contributed by atoms with Crippen LogP contribution in [0, 0.1) is 12.7 Å². The SMILES string of the molecule is Cc1cc(F)cc(-c2ccccc2N)c1. The van der Waals surface area contributed by atoms with E-state index in [1.807, 2.05) is 37.3 Å². The molecule has 0 aliphatic heterocycles. The van der Waals surface area contributed by atoms with Gasteiger partial charge in [-0.2, -0.15) is 0 Å². The number of anilines is 1. The van der Waals surface area contributed by atoms with Crippen LogP contribution in [0.15, 0.2) is 42.5 Å². The van der Waals surface area contributed by atoms with E-state index in [4.69, 9.17) is 5.73 Å². The second-order valence-electron chi connectivity index (χ2n) is 3.60. The highest BCUT2D eigenvalue weighted by molar-refractivity contribution is 5.76. The molecule has 2 aromatic carbocycles. The molecule has 0 fully saturated rings. The predicted octanol–water partition coefficient (Wildman–Crippen LogP) is 3.38. The van der Waals surface area contributed by atoms with E-state index >= 15 is 0 Å². The van der Waals surface area contributed by atoms with Crippen molar-refractivity contribution in [1.82, 2.24) is 0 Å². The monoisotopic (exact) mass is 201 g/mol. The van der Waals surface area contributed by atoms with E-state index < -0.39 is 0 Å². The van der Waals surface area contributed by atoms with Gasteiger partial charge in [0.15, 0.2) is 0 Å². The molecule has 0 aromatic heterocycles. The van der Waals surface area contributed by atoms with Gasteiger partial charge in [0.2, 0.25) is 0 Å². The van der Waals surface area contributed by atoms with Crippen molar-refractivity contribution in [3.63, 3.8) is 0 Å². The van der Waals surface area contributed by atoms with E-state index in [0.717, 1.165) is 16.7 Å². The molecule has 0 saturated heterocycles. The Kier molecular flexibility index (Phi) is 2.42. The fraction of sp³-hybridized carbons (Fsp3) is 0.0769. The summed E-state index contributed by atoms with van der Waals surface area (Å²) >= 11 is 0. The standard InChI is InChI=1S/C13H12FN/c1-9-6-10(8-11(14)7-9)12-4-2-3-5-13(12)15/h2-8H,15H2,1H3. The number of rotatable bonds is 1. The zero-order chi connectivity index (χ0) is 10.8. The average molecular weight is 201 g/mol. The topological polar surface area (TPSA) is 26.0 Å². The van der Waals surface area contributed by atoms with Crippen LogP contribution in [0.25, 0.3) is 11.1 Å². The molecule has 0 heterocycles. The third-order valence-electron chi connectivity index (χ3n) is 2.31. The first-order valence-electron chi connectivity index (χ1n) is 4.79. The van der Waals surface area contributed by atoms with E-state index in [2.05, 4.69) is 0 Å². The summed E-state index contributed by atoms with van der Waals surface area (Å²) in [5, 5.41) is 0. The smallest absolute Gasteiger partial charge is 0.124 e. The molecule has 0 atom stereocenters. The molecule has 0 saturated carbocycles. The first-order chi connectivity index (χ1) is 7.16. The van der Waals surface area contributed by atoms with Gasteiger partial charge in [0.05, 0.1) is 0 Å². The minimum atomic E-state index is -0.228. The summed E-state index contributed by atoms with van der Waals surface area (Å²) in [4.78, 5) is 0. The first-order valence-corrected chi connectivity index (χ1v) is 4.79. The lowest BCUT2D eigenvalue weighted by Gasteiger charge is -2.06. The first kappa shape index (κ1) is 9.71. The van der Waals surface area contributed by atoms with Crippen LogP contribution in [-0.2, 0) is 0 Å². The van der Waals surface area contributed by atoms with Crippen molar-refractivity contribution in [2.75, 3.05) is 5.73 Å². The zero-order valence-corrected chi connectivity index (χ0v) is 8.50. The minimum absolute atomic E-state index is 0.228. The van der Waals surface area contributed by atoms with Gasteiger partial charge in [-0.3, -0.25) is 0 Å². The van der Waals surface area contributed by atoms with Gasteiger partial charge in [0, 0.05) is 11.3 Å². The molecular weight excluding hydrogens is 189 g/mol. The molecule has 0 spiro atoms. The highest BCUT2D eigenvalue weighted by Crippen LogP contribution is 2.26. The number of nitrogen functional groups attached to an aromatic ring is 1. The molecule has 0 aliphatic rings. The van der Waals surface area contributed by atoms with Crippen LogP contribution in [0.3, 0.4) is 0 Å². The van der Waals surface area contributed by atoms with E-state index in [1.165, 1.54) is 12.1 Å². The van der Waals surface area contributed by atoms with Crippen LogP contribution in [0.5, 0.6) is 0 Å². The van der Waals surface area contributed by atoms with Crippen LogP contribution in [0.4, 0.5) is 10.1 Å². The summed E-state index contributed by atoms with van der Waals surface area (Å²) in [6, 6.07) is 12.4. The van der Waals surface area contributed by atoms with E-state index in [1.54, 1.807) is 0 Å². The van der Waals surface area contributed by atoms with Gasteiger partial charge in [-0.15, -0.1) is 0 Å². The number of hydrogen-bond donors (Lipinski definition) is 1. The summed E-state index contributed by atoms with van der Waals surface area (Å²) in [5.41, 5.74) is 9.10. The Balaban J connectivity index is 2.59. The molecule has 0 amide bonds. The molecule has 2 N–H and O–H groups in total. The van der Waals surface area contributed by atoms with Gasteiger partial charge in [0.25, 0.3) is 0 Å². The molecular formula is C13H12FN. The molecule has 2 heteroatoms. The van der Waals surface area contributed by atoms with E-state index in [0.29, 0.717) is 5.69 Å². The molecule has 0 unspecified atom stereocenters. The van der Waals surface area contributed by atoms with E-state index in [9.17, 15) is 4.39 Å². The largest absolute Gasteiger partial charge is 0.398 e. The van der Waals surface area contributed by atoms with E-state index in [-0.39, 0.29) is 5.82 Å². The maximum absolute atomic E-state index is 13.2. The fourth-order valence-electron chi connectivity index (χ4n) is 1.65. The van der Waals surface area contributed by atoms with Gasteiger partial charge in [-0.1, -0.05) is 24.3 Å². The van der Waals surface area contributed by atoms with Gasteiger partial charge >= 0.3 is 0 Å². The second-order valence-corrected chi connectivity index (χ2v) is 3.60. The number of aryl methyl sites for hydroxylation is 1. The van der Waals surface area contributed by atoms with Crippen molar-refractivity contribution in [2.45, 2.75) is 6.92 Å². The van der Waals surface area contributed by atoms with Crippen LogP contribution in [0.2, 0.25) is 0 Å². The van der Waals surface area contributed by atoms with Crippen molar-refractivity contribution in [3.05, 3.63) is 53.8 Å². The molecule has 0 bridgehead atoms. The van der Waals surface area contributed by atoms with Gasteiger partial charge in [0.1, 0.15) is 5.82 Å². The predicted molar refractivity (Wildman–Crippen MR) is 61.0 cm³/mol. The molecule has 15 heavy (non-hydrogen) atoms. The van der Waals surface area contributed by atoms with Crippen LogP contribution >= 0.6 is 0 Å². The quantitative estimate of drug-likeness (QED) is 0.703. The van der Waals surface area contributed by atoms with Crippen LogP contribution < -0.4 is 5.73 Å². The summed E-state index contributed by atoms with van der Waals surface area (Å²) < 4.78 is 13.2. The number of nitrogens with two attached hydrogens (primary N) is 1. The highest BCUT2D eigenvalue weighted by Gasteiger charge is 2.03. The Morgan fingerprint density at radius 1 is 1.07 bits per heavy atom. The Labute approximate surface area is 88.4 Å². The Morgan fingerprint density at radius 3 is 2.47 bits per heavy atom. The number of para-hydroxylation sites is 1. The molecule has 1 nitrogen and oxygen atoms in total. The summed E-state index contributed by atoms with van der Waals surface area (Å²) in [6.07, 6.45) is 0. The Bertz CT molecular complexity index is 471. The lowest BCUT2D eigenvalue weighted by Crippen LogP contribution is -1.90. The highest BCUT2D eigenvalue weighted by atomic mass is 19.1. The molecule has 76 valence electrons.